The van der Waals surface area contributed by atoms with Crippen molar-refractivity contribution in [2.75, 3.05) is 26.7 Å². The first-order valence-electron chi connectivity index (χ1n) is 15.3. The Balaban J connectivity index is 1.18. The van der Waals surface area contributed by atoms with Crippen molar-refractivity contribution in [3.63, 3.8) is 0 Å². The lowest BCUT2D eigenvalue weighted by Gasteiger charge is -2.43. The molecule has 2 unspecified atom stereocenters. The van der Waals surface area contributed by atoms with Gasteiger partial charge >= 0.3 is 6.09 Å². The van der Waals surface area contributed by atoms with E-state index in [9.17, 15) is 14.7 Å². The van der Waals surface area contributed by atoms with Gasteiger partial charge < -0.3 is 24.6 Å². The number of aromatic nitrogens is 4. The average molecular weight is 600 g/mol. The Morgan fingerprint density at radius 2 is 1.93 bits per heavy atom. The zero-order valence-corrected chi connectivity index (χ0v) is 26.3. The third kappa shape index (κ3) is 5.63. The van der Waals surface area contributed by atoms with Gasteiger partial charge in [0.25, 0.3) is 0 Å². The van der Waals surface area contributed by atoms with E-state index >= 15 is 0 Å². The third-order valence-electron chi connectivity index (χ3n) is 8.61. The van der Waals surface area contributed by atoms with Crippen molar-refractivity contribution in [2.24, 2.45) is 0 Å². The molecule has 2 aromatic heterocycles. The van der Waals surface area contributed by atoms with Gasteiger partial charge in [-0.1, -0.05) is 19.1 Å². The van der Waals surface area contributed by atoms with E-state index in [1.54, 1.807) is 11.0 Å². The molecule has 2 amide bonds. The molecule has 11 nitrogen and oxygen atoms in total. The standard InChI is InChI=1S/C33H41N7O4/c1-7-20-14-22(41)9-11-23(20)21-8-10-24-25(15-21)36-37-29(24)30-34-26-16-28(38(6)18-27(26)35-30)31(42)40-13-12-39(17-19(40)2)32(43)44-33(3,4)5/h8-11,14-15,19,28,41H,7,12-13,16-18H2,1-6H3,(H,34,35)(H,36,37). The number of H-pyrrole nitrogens is 2. The molecule has 0 saturated carbocycles. The molecule has 44 heavy (non-hydrogen) atoms. The number of aryl methyl sites for hydroxylation is 1. The minimum atomic E-state index is -0.560. The Hall–Kier alpha value is -4.38. The van der Waals surface area contributed by atoms with Crippen LogP contribution in [0.2, 0.25) is 0 Å². The van der Waals surface area contributed by atoms with Crippen molar-refractivity contribution in [1.29, 1.82) is 0 Å². The molecule has 2 atom stereocenters. The van der Waals surface area contributed by atoms with Crippen LogP contribution in [0.5, 0.6) is 5.75 Å². The zero-order valence-electron chi connectivity index (χ0n) is 26.3. The molecule has 2 aromatic carbocycles. The number of carbonyl (C=O) groups is 2. The first kappa shape index (κ1) is 29.7. The van der Waals surface area contributed by atoms with Gasteiger partial charge in [0.1, 0.15) is 17.0 Å². The molecule has 2 aliphatic heterocycles. The highest BCUT2D eigenvalue weighted by Crippen LogP contribution is 2.33. The molecule has 1 saturated heterocycles. The van der Waals surface area contributed by atoms with Crippen molar-refractivity contribution in [3.05, 3.63) is 53.3 Å². The van der Waals surface area contributed by atoms with Gasteiger partial charge in [0.05, 0.1) is 22.9 Å². The first-order valence-corrected chi connectivity index (χ1v) is 15.3. The number of imidazole rings is 1. The fraction of sp³-hybridized carbons (Fsp3) is 0.455. The highest BCUT2D eigenvalue weighted by atomic mass is 16.6. The minimum Gasteiger partial charge on any atom is -0.508 e. The van der Waals surface area contributed by atoms with Gasteiger partial charge in [-0.3, -0.25) is 14.8 Å². The Bertz CT molecular complexity index is 1720. The van der Waals surface area contributed by atoms with E-state index in [-0.39, 0.29) is 29.8 Å². The van der Waals surface area contributed by atoms with Crippen molar-refractivity contribution >= 4 is 22.9 Å². The summed E-state index contributed by atoms with van der Waals surface area (Å²) in [4.78, 5) is 40.4. The molecule has 0 spiro atoms. The van der Waals surface area contributed by atoms with Crippen molar-refractivity contribution in [3.8, 4) is 28.4 Å². The number of carbonyl (C=O) groups excluding carboxylic acids is 2. The van der Waals surface area contributed by atoms with E-state index in [0.717, 1.165) is 51.1 Å². The first-order chi connectivity index (χ1) is 20.9. The van der Waals surface area contributed by atoms with Crippen LogP contribution < -0.4 is 0 Å². The smallest absolute Gasteiger partial charge is 0.410 e. The Morgan fingerprint density at radius 3 is 2.66 bits per heavy atom. The summed E-state index contributed by atoms with van der Waals surface area (Å²) in [6.07, 6.45) is 0.966. The van der Waals surface area contributed by atoms with Crippen LogP contribution in [-0.4, -0.2) is 96.3 Å². The van der Waals surface area contributed by atoms with Crippen molar-refractivity contribution < 1.29 is 19.4 Å². The van der Waals surface area contributed by atoms with Gasteiger partial charge in [0, 0.05) is 44.0 Å². The summed E-state index contributed by atoms with van der Waals surface area (Å²) in [7, 11) is 1.97. The maximum absolute atomic E-state index is 13.8. The van der Waals surface area contributed by atoms with Crippen LogP contribution in [0.25, 0.3) is 33.5 Å². The zero-order chi connectivity index (χ0) is 31.3. The van der Waals surface area contributed by atoms with Gasteiger partial charge in [0.15, 0.2) is 5.82 Å². The summed E-state index contributed by atoms with van der Waals surface area (Å²) in [5.74, 6) is 0.994. The van der Waals surface area contributed by atoms with Crippen molar-refractivity contribution in [2.45, 2.75) is 71.7 Å². The number of aromatic amines is 2. The number of phenolic OH excluding ortho intramolecular Hbond substituents is 1. The number of nitrogens with zero attached hydrogens (tertiary/aromatic N) is 5. The fourth-order valence-corrected chi connectivity index (χ4v) is 6.32. The number of benzene rings is 2. The van der Waals surface area contributed by atoms with Crippen LogP contribution >= 0.6 is 0 Å². The molecule has 0 aliphatic carbocycles. The van der Waals surface area contributed by atoms with E-state index in [0.29, 0.717) is 38.4 Å². The lowest BCUT2D eigenvalue weighted by molar-refractivity contribution is -0.141. The number of nitrogens with one attached hydrogen (secondary N) is 2. The number of aromatic hydroxyl groups is 1. The van der Waals surface area contributed by atoms with Crippen LogP contribution in [0.3, 0.4) is 0 Å². The Kier molecular flexibility index (Phi) is 7.61. The summed E-state index contributed by atoms with van der Waals surface area (Å²) in [5, 5.41) is 18.6. The quantitative estimate of drug-likeness (QED) is 0.310. The van der Waals surface area contributed by atoms with E-state index in [1.165, 1.54) is 0 Å². The van der Waals surface area contributed by atoms with Crippen LogP contribution in [0.15, 0.2) is 36.4 Å². The maximum atomic E-state index is 13.8. The van der Waals surface area contributed by atoms with Gasteiger partial charge in [-0.15, -0.1) is 0 Å². The monoisotopic (exact) mass is 599 g/mol. The summed E-state index contributed by atoms with van der Waals surface area (Å²) in [6.45, 7) is 11.5. The fourth-order valence-electron chi connectivity index (χ4n) is 6.32. The molecule has 1 fully saturated rings. The predicted octanol–water partition coefficient (Wildman–Crippen LogP) is 4.71. The van der Waals surface area contributed by atoms with Crippen molar-refractivity contribution in [1.82, 2.24) is 34.9 Å². The summed E-state index contributed by atoms with van der Waals surface area (Å²) < 4.78 is 5.54. The number of likely N-dealkylation sites (N-methyl/N-ethyl adjacent to an activating group) is 1. The van der Waals surface area contributed by atoms with Gasteiger partial charge in [-0.05, 0) is 82.1 Å². The molecule has 2 aliphatic rings. The number of amides is 2. The number of hydrogen-bond acceptors (Lipinski definition) is 7. The predicted molar refractivity (Wildman–Crippen MR) is 168 cm³/mol. The number of ether oxygens (including phenoxy) is 1. The summed E-state index contributed by atoms with van der Waals surface area (Å²) >= 11 is 0. The van der Waals surface area contributed by atoms with Crippen LogP contribution in [-0.2, 0) is 28.9 Å². The second-order valence-electron chi connectivity index (χ2n) is 13.0. The van der Waals surface area contributed by atoms with Gasteiger partial charge in [0.2, 0.25) is 5.91 Å². The SMILES string of the molecule is CCc1cc(O)ccc1-c1ccc2c(-c3nc4c([nH]3)CN(C)C(C(=O)N3CCN(C(=O)OC(C)(C)C)CC3C)C4)n[nH]c2c1. The molecule has 0 bridgehead atoms. The Morgan fingerprint density at radius 1 is 1.14 bits per heavy atom. The highest BCUT2D eigenvalue weighted by Gasteiger charge is 2.39. The molecule has 4 heterocycles. The van der Waals surface area contributed by atoms with E-state index in [1.807, 2.05) is 57.8 Å². The number of piperazine rings is 1. The van der Waals surface area contributed by atoms with Gasteiger partial charge in [-0.25, -0.2) is 9.78 Å². The lowest BCUT2D eigenvalue weighted by Crippen LogP contribution is -2.60. The molecule has 232 valence electrons. The molecule has 11 heteroatoms. The van der Waals surface area contributed by atoms with Crippen LogP contribution in [0.4, 0.5) is 4.79 Å². The molecule has 6 rings (SSSR count). The molecule has 0 radical (unpaired) electrons. The van der Waals surface area contributed by atoms with Crippen LogP contribution in [0.1, 0.15) is 51.6 Å². The number of hydrogen-bond donors (Lipinski definition) is 3. The largest absolute Gasteiger partial charge is 0.508 e. The molecular weight excluding hydrogens is 558 g/mol. The summed E-state index contributed by atoms with van der Waals surface area (Å²) in [5.41, 5.74) is 6.14. The van der Waals surface area contributed by atoms with Gasteiger partial charge in [-0.2, -0.15) is 5.10 Å². The lowest BCUT2D eigenvalue weighted by atomic mass is 9.97. The second kappa shape index (κ2) is 11.3. The second-order valence-corrected chi connectivity index (χ2v) is 13.0. The van der Waals surface area contributed by atoms with E-state index in [2.05, 4.69) is 39.1 Å². The van der Waals surface area contributed by atoms with E-state index < -0.39 is 5.60 Å². The molecule has 3 N–H and O–H groups in total. The normalized spacial score (nSPS) is 19.3. The number of phenols is 1. The average Bonchev–Trinajstić information content (AvgIpc) is 3.58. The van der Waals surface area contributed by atoms with Crippen LogP contribution in [0, 0.1) is 0 Å². The minimum absolute atomic E-state index is 0.0532. The topological polar surface area (TPSA) is 131 Å². The number of rotatable bonds is 4. The van der Waals surface area contributed by atoms with E-state index in [4.69, 9.17) is 9.72 Å². The molecular formula is C33H41N7O4. The highest BCUT2D eigenvalue weighted by molar-refractivity contribution is 5.94. The molecule has 4 aromatic rings. The Labute approximate surface area is 257 Å². The number of fused-ring (bicyclic) bond motifs is 2. The third-order valence-corrected chi connectivity index (χ3v) is 8.61. The maximum Gasteiger partial charge on any atom is 0.410 e. The summed E-state index contributed by atoms with van der Waals surface area (Å²) in [6, 6.07) is 11.2.